The Hall–Kier alpha value is -2.83. The highest BCUT2D eigenvalue weighted by Crippen LogP contribution is 2.19. The average Bonchev–Trinajstić information content (AvgIpc) is 3.33. The fourth-order valence-corrected chi connectivity index (χ4v) is 3.83. The molecule has 2 aromatic rings. The Labute approximate surface area is 172 Å². The summed E-state index contributed by atoms with van der Waals surface area (Å²) in [7, 11) is 0. The zero-order chi connectivity index (χ0) is 20.8. The van der Waals surface area contributed by atoms with Crippen LogP contribution in [-0.4, -0.2) is 63.4 Å². The van der Waals surface area contributed by atoms with E-state index in [1.165, 1.54) is 0 Å². The van der Waals surface area contributed by atoms with Crippen molar-refractivity contribution in [1.82, 2.24) is 19.4 Å². The van der Waals surface area contributed by atoms with Gasteiger partial charge in [-0.1, -0.05) is 12.1 Å². The van der Waals surface area contributed by atoms with Crippen molar-refractivity contribution in [2.75, 3.05) is 26.2 Å². The van der Waals surface area contributed by atoms with Crippen molar-refractivity contribution in [2.45, 2.75) is 46.2 Å². The van der Waals surface area contributed by atoms with Crippen LogP contribution in [-0.2, 0) is 22.6 Å². The number of imidazole rings is 1. The third kappa shape index (κ3) is 5.37. The molecule has 0 saturated carbocycles. The van der Waals surface area contributed by atoms with E-state index >= 15 is 0 Å². The van der Waals surface area contributed by atoms with Gasteiger partial charge in [-0.15, -0.1) is 0 Å². The van der Waals surface area contributed by atoms with E-state index < -0.39 is 0 Å². The summed E-state index contributed by atoms with van der Waals surface area (Å²) in [6.07, 6.45) is 4.88. The van der Waals surface area contributed by atoms with Gasteiger partial charge in [-0.2, -0.15) is 0 Å². The quantitative estimate of drug-likeness (QED) is 0.684. The van der Waals surface area contributed by atoms with Gasteiger partial charge in [0.15, 0.2) is 0 Å². The third-order valence-electron chi connectivity index (χ3n) is 5.46. The lowest BCUT2D eigenvalue weighted by molar-refractivity contribution is -0.133. The number of rotatable bonds is 8. The molecule has 1 aliphatic heterocycles. The first-order chi connectivity index (χ1) is 14.0. The number of benzene rings is 1. The van der Waals surface area contributed by atoms with Crippen LogP contribution in [0.5, 0.6) is 5.75 Å². The summed E-state index contributed by atoms with van der Waals surface area (Å²) in [6, 6.07) is 7.74. The highest BCUT2D eigenvalue weighted by atomic mass is 16.5. The molecule has 1 aromatic carbocycles. The standard InChI is InChI=1S/C22H30N4O3/c1-4-29-21-7-5-19(6-8-21)15-22(28)25-11-9-20(16-25)26(18(3)27)14-13-24-12-10-23-17(24)2/h5-8,10,12,20H,4,9,11,13-16H2,1-3H3. The van der Waals surface area contributed by atoms with Crippen LogP contribution in [0, 0.1) is 6.92 Å². The molecule has 1 atom stereocenters. The Morgan fingerprint density at radius 2 is 2.03 bits per heavy atom. The number of amides is 2. The largest absolute Gasteiger partial charge is 0.494 e. The fourth-order valence-electron chi connectivity index (χ4n) is 3.83. The highest BCUT2D eigenvalue weighted by molar-refractivity contribution is 5.79. The van der Waals surface area contributed by atoms with E-state index in [9.17, 15) is 9.59 Å². The smallest absolute Gasteiger partial charge is 0.227 e. The number of nitrogens with zero attached hydrogens (tertiary/aromatic N) is 4. The molecular formula is C22H30N4O3. The van der Waals surface area contributed by atoms with Crippen LogP contribution in [0.4, 0.5) is 0 Å². The maximum atomic E-state index is 12.7. The number of carbonyl (C=O) groups is 2. The van der Waals surface area contributed by atoms with Crippen LogP contribution >= 0.6 is 0 Å². The molecule has 1 unspecified atom stereocenters. The molecule has 2 amide bonds. The van der Waals surface area contributed by atoms with Gasteiger partial charge in [-0.25, -0.2) is 4.98 Å². The van der Waals surface area contributed by atoms with E-state index in [4.69, 9.17) is 4.74 Å². The molecule has 0 spiro atoms. The minimum absolute atomic E-state index is 0.0496. The second kappa shape index (κ2) is 9.58. The Balaban J connectivity index is 1.54. The number of aryl methyl sites for hydroxylation is 1. The Bertz CT molecular complexity index is 831. The van der Waals surface area contributed by atoms with Crippen LogP contribution in [0.2, 0.25) is 0 Å². The zero-order valence-electron chi connectivity index (χ0n) is 17.5. The normalized spacial score (nSPS) is 16.1. The number of hydrogen-bond donors (Lipinski definition) is 0. The Morgan fingerprint density at radius 3 is 2.66 bits per heavy atom. The van der Waals surface area contributed by atoms with Gasteiger partial charge in [0.1, 0.15) is 11.6 Å². The van der Waals surface area contributed by atoms with E-state index in [0.717, 1.165) is 23.6 Å². The summed E-state index contributed by atoms with van der Waals surface area (Å²) in [5, 5.41) is 0. The molecule has 2 heterocycles. The molecule has 7 heteroatoms. The summed E-state index contributed by atoms with van der Waals surface area (Å²) < 4.78 is 7.49. The van der Waals surface area contributed by atoms with E-state index in [2.05, 4.69) is 4.98 Å². The number of likely N-dealkylation sites (tertiary alicyclic amines) is 1. The van der Waals surface area contributed by atoms with E-state index in [0.29, 0.717) is 39.2 Å². The fraction of sp³-hybridized carbons (Fsp3) is 0.500. The SMILES string of the molecule is CCOc1ccc(CC(=O)N2CCC(N(CCn3ccnc3C)C(C)=O)C2)cc1. The monoisotopic (exact) mass is 398 g/mol. The van der Waals surface area contributed by atoms with Crippen LogP contribution in [0.3, 0.4) is 0 Å². The molecule has 7 nitrogen and oxygen atoms in total. The maximum Gasteiger partial charge on any atom is 0.227 e. The summed E-state index contributed by atoms with van der Waals surface area (Å²) in [5.41, 5.74) is 0.973. The topological polar surface area (TPSA) is 67.7 Å². The minimum Gasteiger partial charge on any atom is -0.494 e. The first-order valence-corrected chi connectivity index (χ1v) is 10.2. The molecule has 0 aliphatic carbocycles. The van der Waals surface area contributed by atoms with Gasteiger partial charge in [0.25, 0.3) is 0 Å². The number of ether oxygens (including phenoxy) is 1. The van der Waals surface area contributed by atoms with Gasteiger partial charge in [-0.3, -0.25) is 9.59 Å². The summed E-state index contributed by atoms with van der Waals surface area (Å²) in [6.45, 7) is 8.75. The van der Waals surface area contributed by atoms with Crippen molar-refractivity contribution >= 4 is 11.8 Å². The second-order valence-corrected chi connectivity index (χ2v) is 7.42. The van der Waals surface area contributed by atoms with Gasteiger partial charge >= 0.3 is 0 Å². The van der Waals surface area contributed by atoms with Crippen molar-refractivity contribution < 1.29 is 14.3 Å². The molecule has 0 bridgehead atoms. The number of hydrogen-bond acceptors (Lipinski definition) is 4. The molecule has 0 N–H and O–H groups in total. The molecule has 1 saturated heterocycles. The van der Waals surface area contributed by atoms with Crippen LogP contribution in [0.15, 0.2) is 36.7 Å². The molecule has 1 fully saturated rings. The van der Waals surface area contributed by atoms with Crippen molar-refractivity contribution in [3.8, 4) is 5.75 Å². The van der Waals surface area contributed by atoms with Crippen LogP contribution in [0.25, 0.3) is 0 Å². The van der Waals surface area contributed by atoms with Crippen LogP contribution < -0.4 is 4.74 Å². The van der Waals surface area contributed by atoms with Gasteiger partial charge in [0.2, 0.25) is 11.8 Å². The van der Waals surface area contributed by atoms with Gasteiger partial charge in [-0.05, 0) is 38.0 Å². The first kappa shape index (κ1) is 20.9. The van der Waals surface area contributed by atoms with Crippen molar-refractivity contribution in [1.29, 1.82) is 0 Å². The molecule has 156 valence electrons. The van der Waals surface area contributed by atoms with Crippen molar-refractivity contribution in [2.24, 2.45) is 0 Å². The van der Waals surface area contributed by atoms with Gasteiger partial charge in [0, 0.05) is 45.5 Å². The predicted octanol–water partition coefficient (Wildman–Crippen LogP) is 2.28. The van der Waals surface area contributed by atoms with Gasteiger partial charge < -0.3 is 19.1 Å². The van der Waals surface area contributed by atoms with E-state index in [-0.39, 0.29) is 17.9 Å². The highest BCUT2D eigenvalue weighted by Gasteiger charge is 2.31. The molecule has 3 rings (SSSR count). The van der Waals surface area contributed by atoms with Crippen molar-refractivity contribution in [3.05, 3.63) is 48.0 Å². The third-order valence-corrected chi connectivity index (χ3v) is 5.46. The summed E-state index contributed by atoms with van der Waals surface area (Å²) in [4.78, 5) is 32.9. The van der Waals surface area contributed by atoms with Crippen LogP contribution in [0.1, 0.15) is 31.7 Å². The first-order valence-electron chi connectivity index (χ1n) is 10.2. The Kier molecular flexibility index (Phi) is 6.90. The number of carbonyl (C=O) groups excluding carboxylic acids is 2. The number of aromatic nitrogens is 2. The lowest BCUT2D eigenvalue weighted by Crippen LogP contribution is -2.43. The lowest BCUT2D eigenvalue weighted by atomic mass is 10.1. The Morgan fingerprint density at radius 1 is 1.28 bits per heavy atom. The second-order valence-electron chi connectivity index (χ2n) is 7.42. The van der Waals surface area contributed by atoms with Crippen molar-refractivity contribution in [3.63, 3.8) is 0 Å². The zero-order valence-corrected chi connectivity index (χ0v) is 17.5. The van der Waals surface area contributed by atoms with E-state index in [1.807, 2.05) is 58.7 Å². The maximum absolute atomic E-state index is 12.7. The molecule has 0 radical (unpaired) electrons. The molecular weight excluding hydrogens is 368 g/mol. The predicted molar refractivity (Wildman–Crippen MR) is 111 cm³/mol. The van der Waals surface area contributed by atoms with E-state index in [1.54, 1.807) is 13.1 Å². The lowest BCUT2D eigenvalue weighted by Gasteiger charge is -2.28. The molecule has 1 aliphatic rings. The minimum atomic E-state index is 0.0496. The molecule has 1 aromatic heterocycles. The average molecular weight is 399 g/mol. The summed E-state index contributed by atoms with van der Waals surface area (Å²) >= 11 is 0. The summed E-state index contributed by atoms with van der Waals surface area (Å²) in [5.74, 6) is 1.90. The molecule has 29 heavy (non-hydrogen) atoms. The van der Waals surface area contributed by atoms with Gasteiger partial charge in [0.05, 0.1) is 19.1 Å².